The number of nitro benzene ring substituents is 2. The number of methoxy groups -OCH3 is 2. The highest BCUT2D eigenvalue weighted by atomic mass is 35.5. The van der Waals surface area contributed by atoms with Gasteiger partial charge in [-0.3, -0.25) is 39.6 Å². The Labute approximate surface area is 435 Å². The Bertz CT molecular complexity index is 3000. The van der Waals surface area contributed by atoms with Crippen LogP contribution in [0.1, 0.15) is 83.4 Å². The molecule has 2 heterocycles. The predicted molar refractivity (Wildman–Crippen MR) is 273 cm³/mol. The fraction of sp³-hybridized carbons (Fsp3) is 0.296. The number of hydrogen-bond acceptors (Lipinski definition) is 15. The minimum absolute atomic E-state index is 0.00975. The Kier molecular flexibility index (Phi) is 17.9. The van der Waals surface area contributed by atoms with Gasteiger partial charge in [-0.05, 0) is 97.3 Å². The predicted octanol–water partition coefficient (Wildman–Crippen LogP) is 9.94. The molecule has 0 saturated heterocycles. The third-order valence-electron chi connectivity index (χ3n) is 12.2. The number of nitrogens with zero attached hydrogens (tertiary/aromatic N) is 4. The number of rotatable bonds is 24. The van der Waals surface area contributed by atoms with E-state index in [1.807, 2.05) is 13.8 Å². The van der Waals surface area contributed by atoms with Crippen LogP contribution in [0.25, 0.3) is 11.1 Å². The van der Waals surface area contributed by atoms with Gasteiger partial charge in [0.1, 0.15) is 41.3 Å². The maximum atomic E-state index is 14.2. The Morgan fingerprint density at radius 3 is 1.52 bits per heavy atom. The lowest BCUT2D eigenvalue weighted by molar-refractivity contribution is -0.385. The fourth-order valence-corrected chi connectivity index (χ4v) is 8.55. The highest BCUT2D eigenvalue weighted by molar-refractivity contribution is 6.30. The molecule has 2 amide bonds. The first-order valence-corrected chi connectivity index (χ1v) is 24.2. The van der Waals surface area contributed by atoms with Gasteiger partial charge in [-0.15, -0.1) is 0 Å². The molecule has 5 aromatic rings. The Balaban J connectivity index is 1.04. The number of benzene rings is 5. The Morgan fingerprint density at radius 1 is 0.613 bits per heavy atom. The number of halogens is 1. The summed E-state index contributed by atoms with van der Waals surface area (Å²) >= 11 is 6.08. The quantitative estimate of drug-likeness (QED) is 0.0261. The second-order valence-corrected chi connectivity index (χ2v) is 17.4. The lowest BCUT2D eigenvalue weighted by Crippen LogP contribution is -2.39. The van der Waals surface area contributed by atoms with Gasteiger partial charge in [-0.25, -0.2) is 9.59 Å². The number of amides is 2. The zero-order chi connectivity index (χ0) is 53.8. The molecular formula is C54H53ClN4O16. The van der Waals surface area contributed by atoms with Crippen molar-refractivity contribution in [3.63, 3.8) is 0 Å². The molecule has 75 heavy (non-hydrogen) atoms. The molecule has 7 rings (SSSR count). The summed E-state index contributed by atoms with van der Waals surface area (Å²) < 4.78 is 39.6. The average molecular weight is 1050 g/mol. The zero-order valence-corrected chi connectivity index (χ0v) is 42.1. The molecule has 0 aromatic heterocycles. The second-order valence-electron chi connectivity index (χ2n) is 17.0. The van der Waals surface area contributed by atoms with Gasteiger partial charge >= 0.3 is 11.9 Å². The standard InChI is InChI=1S/C54H53ClN4O16/c1-5-71-39-18-12-34(13-19-39)36-24-45(53(62)63)56(30-36)51(60)42-27-48(75-32-33-10-16-38(55)17-11-33)50(29-44(42)59(67)68)74-23-9-7-8-22-73-49-28-43(58(65)66)41(26-47(49)69-3)52(61)57-31-37(25-46(57)54(64)70-4)35-14-20-40(21-15-35)72-6-2/h10-21,26-31,45-46H,5-9,22-25,32H2,1-4H3,(H,62,63)/t45?,46-/m0/s1. The molecular weight excluding hydrogens is 996 g/mol. The van der Waals surface area contributed by atoms with Gasteiger partial charge in [-0.1, -0.05) is 48.0 Å². The molecule has 0 saturated carbocycles. The van der Waals surface area contributed by atoms with E-state index in [9.17, 15) is 44.5 Å². The summed E-state index contributed by atoms with van der Waals surface area (Å²) in [5, 5.41) is 35.7. The topological polar surface area (TPSA) is 246 Å². The second kappa shape index (κ2) is 24.9. The van der Waals surface area contributed by atoms with Crippen molar-refractivity contribution >= 4 is 57.9 Å². The summed E-state index contributed by atoms with van der Waals surface area (Å²) in [7, 11) is 2.50. The molecule has 0 radical (unpaired) electrons. The van der Waals surface area contributed by atoms with Crippen molar-refractivity contribution in [1.82, 2.24) is 9.80 Å². The summed E-state index contributed by atoms with van der Waals surface area (Å²) in [6.07, 6.45) is 4.15. The van der Waals surface area contributed by atoms with Gasteiger partial charge in [0, 0.05) is 42.4 Å². The van der Waals surface area contributed by atoms with Crippen LogP contribution in [0.3, 0.4) is 0 Å². The lowest BCUT2D eigenvalue weighted by Gasteiger charge is -2.22. The normalized spacial score (nSPS) is 14.8. The van der Waals surface area contributed by atoms with Gasteiger partial charge in [-0.2, -0.15) is 0 Å². The number of carboxylic acid groups (broad SMARTS) is 1. The Morgan fingerprint density at radius 2 is 1.07 bits per heavy atom. The first kappa shape index (κ1) is 54.1. The molecule has 5 aromatic carbocycles. The van der Waals surface area contributed by atoms with E-state index in [1.54, 1.807) is 72.8 Å². The largest absolute Gasteiger partial charge is 0.494 e. The van der Waals surface area contributed by atoms with Crippen LogP contribution in [0.2, 0.25) is 5.02 Å². The van der Waals surface area contributed by atoms with Crippen LogP contribution in [0, 0.1) is 20.2 Å². The maximum absolute atomic E-state index is 14.2. The van der Waals surface area contributed by atoms with Crippen molar-refractivity contribution in [1.29, 1.82) is 0 Å². The van der Waals surface area contributed by atoms with Crippen LogP contribution in [0.15, 0.2) is 109 Å². The van der Waals surface area contributed by atoms with E-state index in [1.165, 1.54) is 38.8 Å². The minimum atomic E-state index is -1.36. The number of esters is 1. The van der Waals surface area contributed by atoms with Gasteiger partial charge in [0.2, 0.25) is 0 Å². The van der Waals surface area contributed by atoms with Crippen molar-refractivity contribution in [2.24, 2.45) is 0 Å². The van der Waals surface area contributed by atoms with Crippen LogP contribution < -0.4 is 28.4 Å². The SMILES string of the molecule is CCOc1ccc(C2=CN(C(=O)c3cc(OCc4ccc(Cl)cc4)c(OCCCCCOc4cc([N+](=O)[O-])c(C(=O)N5C=C(c6ccc(OCC)cc6)C[C@H]5C(=O)OC)cc4OC)cc3[N+](=O)[O-])C(C(=O)O)C2)cc1. The molecule has 0 aliphatic carbocycles. The smallest absolute Gasteiger partial charge is 0.329 e. The van der Waals surface area contributed by atoms with Crippen LogP contribution in [-0.4, -0.2) is 101 Å². The number of nitro groups is 2. The van der Waals surface area contributed by atoms with E-state index in [0.29, 0.717) is 76.8 Å². The monoisotopic (exact) mass is 1050 g/mol. The maximum Gasteiger partial charge on any atom is 0.329 e. The van der Waals surface area contributed by atoms with E-state index >= 15 is 0 Å². The zero-order valence-electron chi connectivity index (χ0n) is 41.4. The highest BCUT2D eigenvalue weighted by Crippen LogP contribution is 2.41. The average Bonchev–Trinajstić information content (AvgIpc) is 4.07. The highest BCUT2D eigenvalue weighted by Gasteiger charge is 2.40. The number of ether oxygens (including phenoxy) is 7. The number of unbranched alkanes of at least 4 members (excludes halogenated alkanes) is 2. The van der Waals surface area contributed by atoms with E-state index in [2.05, 4.69) is 0 Å². The number of carbonyl (C=O) groups is 4. The lowest BCUT2D eigenvalue weighted by atomic mass is 10.0. The van der Waals surface area contributed by atoms with Crippen molar-refractivity contribution < 1.29 is 67.3 Å². The molecule has 2 aliphatic rings. The third kappa shape index (κ3) is 12.9. The number of carbonyl (C=O) groups excluding carboxylic acids is 3. The van der Waals surface area contributed by atoms with Crippen molar-refractivity contribution in [3.8, 4) is 34.5 Å². The van der Waals surface area contributed by atoms with E-state index in [0.717, 1.165) is 21.9 Å². The van der Waals surface area contributed by atoms with Gasteiger partial charge < -0.3 is 38.3 Å². The van der Waals surface area contributed by atoms with Crippen LogP contribution in [-0.2, 0) is 20.9 Å². The van der Waals surface area contributed by atoms with E-state index in [4.69, 9.17) is 44.8 Å². The molecule has 2 aliphatic heterocycles. The van der Waals surface area contributed by atoms with Crippen LogP contribution in [0.5, 0.6) is 34.5 Å². The number of carboxylic acids is 1. The summed E-state index contributed by atoms with van der Waals surface area (Å²) in [4.78, 5) is 79.5. The summed E-state index contributed by atoms with van der Waals surface area (Å²) in [5.41, 5.74) is 1.19. The summed E-state index contributed by atoms with van der Waals surface area (Å²) in [6.45, 7) is 4.63. The minimum Gasteiger partial charge on any atom is -0.494 e. The van der Waals surface area contributed by atoms with Crippen molar-refractivity contribution in [3.05, 3.63) is 163 Å². The molecule has 392 valence electrons. The molecule has 20 nitrogen and oxygen atoms in total. The molecule has 1 N–H and O–H groups in total. The summed E-state index contributed by atoms with van der Waals surface area (Å²) in [5.74, 6) is -2.59. The molecule has 0 spiro atoms. The van der Waals surface area contributed by atoms with E-state index < -0.39 is 62.6 Å². The van der Waals surface area contributed by atoms with Gasteiger partial charge in [0.05, 0.1) is 62.6 Å². The third-order valence-corrected chi connectivity index (χ3v) is 12.4. The molecule has 2 atom stereocenters. The van der Waals surface area contributed by atoms with Crippen LogP contribution in [0.4, 0.5) is 11.4 Å². The fourth-order valence-electron chi connectivity index (χ4n) is 8.43. The first-order valence-electron chi connectivity index (χ1n) is 23.8. The number of aliphatic carboxylic acids is 1. The molecule has 0 bridgehead atoms. The molecule has 0 fully saturated rings. The van der Waals surface area contributed by atoms with Gasteiger partial charge in [0.25, 0.3) is 23.2 Å². The molecule has 21 heteroatoms. The molecule has 1 unspecified atom stereocenters. The number of hydrogen-bond donors (Lipinski definition) is 1. The van der Waals surface area contributed by atoms with E-state index in [-0.39, 0.29) is 61.2 Å². The van der Waals surface area contributed by atoms with Crippen LogP contribution >= 0.6 is 11.6 Å². The summed E-state index contributed by atoms with van der Waals surface area (Å²) in [6, 6.07) is 22.8. The Hall–Kier alpha value is -8.65. The van der Waals surface area contributed by atoms with Crippen molar-refractivity contribution in [2.75, 3.05) is 40.6 Å². The first-order chi connectivity index (χ1) is 36.1. The van der Waals surface area contributed by atoms with Gasteiger partial charge in [0.15, 0.2) is 23.0 Å². The van der Waals surface area contributed by atoms with Crippen molar-refractivity contribution in [2.45, 2.75) is 64.6 Å².